The van der Waals surface area contributed by atoms with E-state index in [1.807, 2.05) is 24.0 Å². The third-order valence-electron chi connectivity index (χ3n) is 2.72. The molecule has 0 aliphatic rings. The number of pyridine rings is 1. The molecule has 0 saturated heterocycles. The first kappa shape index (κ1) is 11.2. The van der Waals surface area contributed by atoms with Crippen LogP contribution in [0, 0.1) is 0 Å². The van der Waals surface area contributed by atoms with Crippen molar-refractivity contribution >= 4 is 11.3 Å². The molecule has 3 nitrogen and oxygen atoms in total. The van der Waals surface area contributed by atoms with Gasteiger partial charge in [0.2, 0.25) is 0 Å². The lowest BCUT2D eigenvalue weighted by molar-refractivity contribution is 0.255. The zero-order valence-corrected chi connectivity index (χ0v) is 10.3. The lowest BCUT2D eigenvalue weighted by Crippen LogP contribution is -2.21. The molecule has 0 aliphatic carbocycles. The van der Waals surface area contributed by atoms with E-state index in [2.05, 4.69) is 34.9 Å². The first-order valence-corrected chi connectivity index (χ1v) is 6.13. The summed E-state index contributed by atoms with van der Waals surface area (Å²) in [6.45, 7) is 3.12. The normalized spacial score (nSPS) is 12.9. The second-order valence-electron chi connectivity index (χ2n) is 3.85. The molecule has 2 rings (SSSR count). The quantitative estimate of drug-likeness (QED) is 0.813. The highest BCUT2D eigenvalue weighted by Crippen LogP contribution is 2.20. The molecule has 1 atom stereocenters. The van der Waals surface area contributed by atoms with Crippen LogP contribution in [-0.4, -0.2) is 21.9 Å². The van der Waals surface area contributed by atoms with Gasteiger partial charge in [-0.05, 0) is 25.6 Å². The molecule has 0 saturated carbocycles. The van der Waals surface area contributed by atoms with Crippen molar-refractivity contribution in [1.82, 2.24) is 14.9 Å². The number of hydrogen-bond donors (Lipinski definition) is 0. The number of rotatable bonds is 4. The fourth-order valence-corrected chi connectivity index (χ4v) is 2.24. The molecule has 0 amide bonds. The summed E-state index contributed by atoms with van der Waals surface area (Å²) in [5.41, 5.74) is 3.12. The average Bonchev–Trinajstić information content (AvgIpc) is 2.82. The van der Waals surface area contributed by atoms with Crippen LogP contribution >= 0.6 is 11.3 Å². The van der Waals surface area contributed by atoms with Crippen molar-refractivity contribution in [1.29, 1.82) is 0 Å². The zero-order valence-electron chi connectivity index (χ0n) is 9.50. The van der Waals surface area contributed by atoms with Gasteiger partial charge < -0.3 is 0 Å². The van der Waals surface area contributed by atoms with Gasteiger partial charge in [-0.2, -0.15) is 0 Å². The second kappa shape index (κ2) is 5.18. The van der Waals surface area contributed by atoms with Gasteiger partial charge in [0.1, 0.15) is 0 Å². The van der Waals surface area contributed by atoms with E-state index >= 15 is 0 Å². The van der Waals surface area contributed by atoms with Gasteiger partial charge >= 0.3 is 0 Å². The predicted molar refractivity (Wildman–Crippen MR) is 66.2 cm³/mol. The molecule has 0 unspecified atom stereocenters. The van der Waals surface area contributed by atoms with Gasteiger partial charge in [0.05, 0.1) is 5.51 Å². The van der Waals surface area contributed by atoms with E-state index in [1.54, 1.807) is 17.5 Å². The van der Waals surface area contributed by atoms with Crippen LogP contribution in [-0.2, 0) is 6.54 Å². The Balaban J connectivity index is 2.02. The Hall–Kier alpha value is -1.26. The van der Waals surface area contributed by atoms with Gasteiger partial charge in [0.15, 0.2) is 0 Å². The number of nitrogens with zero attached hydrogens (tertiary/aromatic N) is 3. The summed E-state index contributed by atoms with van der Waals surface area (Å²) in [5, 5.41) is 0. The fourth-order valence-electron chi connectivity index (χ4n) is 1.58. The zero-order chi connectivity index (χ0) is 11.4. The minimum absolute atomic E-state index is 0.371. The summed E-state index contributed by atoms with van der Waals surface area (Å²) < 4.78 is 0. The van der Waals surface area contributed by atoms with Crippen molar-refractivity contribution in [2.24, 2.45) is 0 Å². The first-order valence-electron chi connectivity index (χ1n) is 5.25. The molecule has 4 heteroatoms. The van der Waals surface area contributed by atoms with Crippen molar-refractivity contribution in [3.8, 4) is 0 Å². The molecule has 16 heavy (non-hydrogen) atoms. The minimum atomic E-state index is 0.371. The topological polar surface area (TPSA) is 29.0 Å². The third-order valence-corrected chi connectivity index (χ3v) is 3.48. The molecule has 0 bridgehead atoms. The predicted octanol–water partition coefficient (Wildman–Crippen LogP) is 2.73. The molecule has 0 aliphatic heterocycles. The molecule has 0 radical (unpaired) electrons. The van der Waals surface area contributed by atoms with E-state index in [0.29, 0.717) is 6.04 Å². The fraction of sp³-hybridized carbons (Fsp3) is 0.333. The highest BCUT2D eigenvalue weighted by molar-refractivity contribution is 7.09. The lowest BCUT2D eigenvalue weighted by atomic mass is 10.1. The summed E-state index contributed by atoms with van der Waals surface area (Å²) in [7, 11) is 2.12. The maximum Gasteiger partial charge on any atom is 0.0794 e. The van der Waals surface area contributed by atoms with Crippen molar-refractivity contribution < 1.29 is 0 Å². The van der Waals surface area contributed by atoms with Crippen LogP contribution < -0.4 is 0 Å². The number of hydrogen-bond acceptors (Lipinski definition) is 4. The summed E-state index contributed by atoms with van der Waals surface area (Å²) in [4.78, 5) is 11.8. The number of aromatic nitrogens is 2. The highest BCUT2D eigenvalue weighted by Gasteiger charge is 2.12. The molecule has 84 valence electrons. The van der Waals surface area contributed by atoms with Crippen LogP contribution in [0.4, 0.5) is 0 Å². The molecule has 2 aromatic rings. The molecule has 0 spiro atoms. The van der Waals surface area contributed by atoms with Gasteiger partial charge in [0.25, 0.3) is 0 Å². The molecular weight excluding hydrogens is 218 g/mol. The monoisotopic (exact) mass is 233 g/mol. The minimum Gasteiger partial charge on any atom is -0.294 e. The highest BCUT2D eigenvalue weighted by atomic mass is 32.1. The molecular formula is C12H15N3S. The Morgan fingerprint density at radius 1 is 1.38 bits per heavy atom. The smallest absolute Gasteiger partial charge is 0.0794 e. The molecule has 0 aromatic carbocycles. The summed E-state index contributed by atoms with van der Waals surface area (Å²) in [5.74, 6) is 0. The maximum absolute atomic E-state index is 4.15. The first-order chi connectivity index (χ1) is 7.77. The Bertz CT molecular complexity index is 413. The summed E-state index contributed by atoms with van der Waals surface area (Å²) in [6, 6.07) is 4.46. The van der Waals surface area contributed by atoms with Gasteiger partial charge in [-0.1, -0.05) is 6.07 Å². The van der Waals surface area contributed by atoms with Gasteiger partial charge in [-0.15, -0.1) is 11.3 Å². The van der Waals surface area contributed by atoms with Crippen LogP contribution in [0.25, 0.3) is 0 Å². The van der Waals surface area contributed by atoms with Gasteiger partial charge in [-0.3, -0.25) is 14.9 Å². The van der Waals surface area contributed by atoms with E-state index in [4.69, 9.17) is 0 Å². The summed E-state index contributed by atoms with van der Waals surface area (Å²) in [6.07, 6.45) is 5.66. The van der Waals surface area contributed by atoms with Crippen LogP contribution in [0.5, 0.6) is 0 Å². The Morgan fingerprint density at radius 2 is 2.25 bits per heavy atom. The van der Waals surface area contributed by atoms with E-state index in [1.165, 1.54) is 10.4 Å². The van der Waals surface area contributed by atoms with Crippen molar-refractivity contribution in [2.75, 3.05) is 7.05 Å². The molecule has 2 heterocycles. The Morgan fingerprint density at radius 3 is 2.88 bits per heavy atom. The van der Waals surface area contributed by atoms with Crippen LogP contribution in [0.15, 0.2) is 36.2 Å². The molecule has 2 aromatic heterocycles. The van der Waals surface area contributed by atoms with Gasteiger partial charge in [-0.25, -0.2) is 0 Å². The van der Waals surface area contributed by atoms with E-state index in [9.17, 15) is 0 Å². The molecule has 0 N–H and O–H groups in total. The third kappa shape index (κ3) is 2.65. The molecule has 0 fully saturated rings. The summed E-state index contributed by atoms with van der Waals surface area (Å²) >= 11 is 1.70. The lowest BCUT2D eigenvalue weighted by Gasteiger charge is -2.23. The number of thiazole rings is 1. The van der Waals surface area contributed by atoms with Gasteiger partial charge in [0, 0.05) is 36.1 Å². The SMILES string of the molecule is C[C@@H](c1cccnc1)N(C)Cc1cncs1. The van der Waals surface area contributed by atoms with Crippen LogP contribution in [0.3, 0.4) is 0 Å². The van der Waals surface area contributed by atoms with Crippen molar-refractivity contribution in [3.05, 3.63) is 46.7 Å². The van der Waals surface area contributed by atoms with Crippen molar-refractivity contribution in [3.63, 3.8) is 0 Å². The van der Waals surface area contributed by atoms with E-state index in [0.717, 1.165) is 6.54 Å². The maximum atomic E-state index is 4.15. The second-order valence-corrected chi connectivity index (χ2v) is 4.82. The van der Waals surface area contributed by atoms with Crippen LogP contribution in [0.1, 0.15) is 23.4 Å². The Kier molecular flexibility index (Phi) is 3.64. The standard InChI is InChI=1S/C12H15N3S/c1-10(11-4-3-5-13-6-11)15(2)8-12-7-14-9-16-12/h3-7,9-10H,8H2,1-2H3/t10-/m0/s1. The Labute approximate surface area is 99.8 Å². The van der Waals surface area contributed by atoms with E-state index < -0.39 is 0 Å². The largest absolute Gasteiger partial charge is 0.294 e. The average molecular weight is 233 g/mol. The van der Waals surface area contributed by atoms with Crippen molar-refractivity contribution in [2.45, 2.75) is 19.5 Å². The van der Waals surface area contributed by atoms with E-state index in [-0.39, 0.29) is 0 Å². The van der Waals surface area contributed by atoms with Crippen LogP contribution in [0.2, 0.25) is 0 Å².